The Kier molecular flexibility index (Phi) is 3.59. The van der Waals surface area contributed by atoms with Crippen molar-refractivity contribution in [1.29, 1.82) is 0 Å². The van der Waals surface area contributed by atoms with Gasteiger partial charge in [0.1, 0.15) is 0 Å². The van der Waals surface area contributed by atoms with Crippen LogP contribution in [0.3, 0.4) is 0 Å². The quantitative estimate of drug-likeness (QED) is 0.683. The number of hydrogen-bond donors (Lipinski definition) is 0. The second-order valence-corrected chi connectivity index (χ2v) is 7.54. The van der Waals surface area contributed by atoms with Crippen LogP contribution in [-0.2, 0) is 0 Å². The third kappa shape index (κ3) is 2.49. The Morgan fingerprint density at radius 1 is 1.22 bits per heavy atom. The Bertz CT molecular complexity index is 456. The first-order chi connectivity index (χ1) is 8.38. The summed E-state index contributed by atoms with van der Waals surface area (Å²) in [6.07, 6.45) is 12.3. The Balaban J connectivity index is 2.32. The van der Waals surface area contributed by atoms with Gasteiger partial charge in [0.2, 0.25) is 0 Å². The smallest absolute Gasteiger partial charge is 0.0759 e. The lowest BCUT2D eigenvalue weighted by Gasteiger charge is -2.27. The molecule has 98 valence electrons. The van der Waals surface area contributed by atoms with Gasteiger partial charge in [-0.05, 0) is 31.4 Å². The third-order valence-electron chi connectivity index (χ3n) is 4.21. The Labute approximate surface area is 115 Å². The molecular weight excluding hydrogens is 238 g/mol. The fourth-order valence-electron chi connectivity index (χ4n) is 1.96. The van der Waals surface area contributed by atoms with Crippen molar-refractivity contribution in [2.45, 2.75) is 45.8 Å². The highest BCUT2D eigenvalue weighted by molar-refractivity contribution is 8.05. The molecule has 1 aliphatic carbocycles. The molecule has 0 N–H and O–H groups in total. The molecule has 2 heteroatoms. The summed E-state index contributed by atoms with van der Waals surface area (Å²) in [6, 6.07) is 0. The molecule has 0 saturated carbocycles. The molecular formula is C16H23NS. The van der Waals surface area contributed by atoms with Gasteiger partial charge >= 0.3 is 0 Å². The van der Waals surface area contributed by atoms with Crippen LogP contribution >= 0.6 is 11.8 Å². The molecule has 1 nitrogen and oxygen atoms in total. The lowest BCUT2D eigenvalue weighted by Crippen LogP contribution is -2.23. The van der Waals surface area contributed by atoms with Crippen molar-refractivity contribution in [1.82, 2.24) is 0 Å². The summed E-state index contributed by atoms with van der Waals surface area (Å²) >= 11 is 1.94. The van der Waals surface area contributed by atoms with Crippen LogP contribution in [0, 0.1) is 11.3 Å². The van der Waals surface area contributed by atoms with Crippen LogP contribution in [0.25, 0.3) is 0 Å². The largest absolute Gasteiger partial charge is 0.259 e. The molecule has 2 rings (SSSR count). The second-order valence-electron chi connectivity index (χ2n) is 5.96. The van der Waals surface area contributed by atoms with Crippen LogP contribution in [0.2, 0.25) is 0 Å². The highest BCUT2D eigenvalue weighted by Gasteiger charge is 2.29. The molecule has 0 aromatic carbocycles. The lowest BCUT2D eigenvalue weighted by atomic mass is 9.79. The number of nitrogens with zero attached hydrogens (tertiary/aromatic N) is 1. The minimum Gasteiger partial charge on any atom is -0.259 e. The van der Waals surface area contributed by atoms with Crippen LogP contribution in [0.5, 0.6) is 0 Å². The van der Waals surface area contributed by atoms with E-state index < -0.39 is 0 Å². The highest BCUT2D eigenvalue weighted by atomic mass is 32.2. The van der Waals surface area contributed by atoms with Crippen LogP contribution in [0.1, 0.15) is 41.0 Å². The Hall–Kier alpha value is -0.760. The summed E-state index contributed by atoms with van der Waals surface area (Å²) in [6.45, 7) is 11.3. The summed E-state index contributed by atoms with van der Waals surface area (Å²) in [7, 11) is 0. The molecule has 0 fully saturated rings. The Morgan fingerprint density at radius 2 is 1.89 bits per heavy atom. The van der Waals surface area contributed by atoms with Gasteiger partial charge in [0.05, 0.1) is 10.4 Å². The predicted octanol–water partition coefficient (Wildman–Crippen LogP) is 4.97. The fourth-order valence-corrected chi connectivity index (χ4v) is 3.08. The van der Waals surface area contributed by atoms with Gasteiger partial charge in [0.15, 0.2) is 0 Å². The topological polar surface area (TPSA) is 12.4 Å². The Morgan fingerprint density at radius 3 is 2.50 bits per heavy atom. The van der Waals surface area contributed by atoms with Crippen molar-refractivity contribution < 1.29 is 0 Å². The van der Waals surface area contributed by atoms with Gasteiger partial charge in [-0.25, -0.2) is 0 Å². The SMILES string of the molecule is CCC1(C)C=NC2=C(C=CC(C)(C(C)C)C=C2)S1. The van der Waals surface area contributed by atoms with E-state index in [-0.39, 0.29) is 10.2 Å². The van der Waals surface area contributed by atoms with Gasteiger partial charge in [-0.3, -0.25) is 4.99 Å². The van der Waals surface area contributed by atoms with E-state index in [0.717, 1.165) is 12.1 Å². The zero-order valence-electron chi connectivity index (χ0n) is 12.0. The number of hydrogen-bond acceptors (Lipinski definition) is 2. The van der Waals surface area contributed by atoms with E-state index in [1.54, 1.807) is 0 Å². The molecule has 2 atom stereocenters. The lowest BCUT2D eigenvalue weighted by molar-refractivity contribution is 0.383. The zero-order valence-corrected chi connectivity index (χ0v) is 12.8. The summed E-state index contributed by atoms with van der Waals surface area (Å²) in [5.74, 6) is 0.595. The molecule has 1 heterocycles. The fraction of sp³-hybridized carbons (Fsp3) is 0.562. The zero-order chi connectivity index (χ0) is 13.4. The number of rotatable bonds is 2. The molecule has 0 amide bonds. The van der Waals surface area contributed by atoms with Crippen molar-refractivity contribution in [3.63, 3.8) is 0 Å². The summed E-state index contributed by atoms with van der Waals surface area (Å²) in [5, 5.41) is 0. The number of thioether (sulfide) groups is 1. The van der Waals surface area contributed by atoms with Gasteiger partial charge in [-0.1, -0.05) is 39.8 Å². The molecule has 1 aliphatic heterocycles. The van der Waals surface area contributed by atoms with Crippen molar-refractivity contribution in [2.75, 3.05) is 0 Å². The van der Waals surface area contributed by atoms with Gasteiger partial charge < -0.3 is 0 Å². The van der Waals surface area contributed by atoms with E-state index in [1.165, 1.54) is 4.91 Å². The third-order valence-corrected chi connectivity index (χ3v) is 5.64. The predicted molar refractivity (Wildman–Crippen MR) is 83.0 cm³/mol. The average Bonchev–Trinajstić information content (AvgIpc) is 2.50. The van der Waals surface area contributed by atoms with E-state index in [2.05, 4.69) is 70.1 Å². The molecule has 18 heavy (non-hydrogen) atoms. The molecule has 2 unspecified atom stereocenters. The maximum Gasteiger partial charge on any atom is 0.0759 e. The van der Waals surface area contributed by atoms with E-state index in [1.807, 2.05) is 11.8 Å². The van der Waals surface area contributed by atoms with Crippen molar-refractivity contribution in [3.05, 3.63) is 34.9 Å². The summed E-state index contributed by atoms with van der Waals surface area (Å²) < 4.78 is 0.148. The average molecular weight is 261 g/mol. The van der Waals surface area contributed by atoms with Crippen LogP contribution in [-0.4, -0.2) is 11.0 Å². The van der Waals surface area contributed by atoms with E-state index in [0.29, 0.717) is 5.92 Å². The van der Waals surface area contributed by atoms with Gasteiger partial charge in [0.25, 0.3) is 0 Å². The van der Waals surface area contributed by atoms with Crippen molar-refractivity contribution in [2.24, 2.45) is 16.3 Å². The standard InChI is InChI=1S/C16H23NS/c1-6-16(5)11-17-13-7-9-15(4,12(2)3)10-8-14(13)18-16/h7-12H,6H2,1-5H3. The summed E-state index contributed by atoms with van der Waals surface area (Å²) in [5.41, 5.74) is 1.25. The first-order valence-corrected chi connectivity index (χ1v) is 7.57. The second kappa shape index (κ2) is 4.73. The molecule has 0 saturated heterocycles. The minimum atomic E-state index is 0.135. The van der Waals surface area contributed by atoms with Crippen LogP contribution in [0.4, 0.5) is 0 Å². The molecule has 0 spiro atoms. The van der Waals surface area contributed by atoms with Gasteiger partial charge in [-0.2, -0.15) is 0 Å². The van der Waals surface area contributed by atoms with E-state index in [9.17, 15) is 0 Å². The maximum atomic E-state index is 4.66. The highest BCUT2D eigenvalue weighted by Crippen LogP contribution is 2.43. The van der Waals surface area contributed by atoms with E-state index >= 15 is 0 Å². The number of aliphatic imine (C=N–C) groups is 1. The molecule has 0 radical (unpaired) electrons. The van der Waals surface area contributed by atoms with Crippen LogP contribution < -0.4 is 0 Å². The molecule has 0 bridgehead atoms. The first-order valence-electron chi connectivity index (χ1n) is 6.75. The molecule has 2 aliphatic rings. The first kappa shape index (κ1) is 13.7. The minimum absolute atomic E-state index is 0.135. The maximum absolute atomic E-state index is 4.66. The van der Waals surface area contributed by atoms with Gasteiger partial charge in [0, 0.05) is 16.5 Å². The monoisotopic (exact) mass is 261 g/mol. The van der Waals surface area contributed by atoms with Crippen LogP contribution in [0.15, 0.2) is 39.9 Å². The van der Waals surface area contributed by atoms with Crippen molar-refractivity contribution in [3.8, 4) is 0 Å². The number of allylic oxidation sites excluding steroid dienone is 4. The molecule has 0 aromatic rings. The summed E-state index contributed by atoms with van der Waals surface area (Å²) in [4.78, 5) is 5.96. The molecule has 0 aromatic heterocycles. The van der Waals surface area contributed by atoms with E-state index in [4.69, 9.17) is 0 Å². The normalized spacial score (nSPS) is 35.0. The van der Waals surface area contributed by atoms with Gasteiger partial charge in [-0.15, -0.1) is 11.8 Å². The van der Waals surface area contributed by atoms with Crippen molar-refractivity contribution >= 4 is 18.0 Å².